The molecule has 0 aromatic heterocycles. The van der Waals surface area contributed by atoms with Gasteiger partial charge in [0.1, 0.15) is 0 Å². The quantitative estimate of drug-likeness (QED) is 0.854. The number of hydrogen-bond donors (Lipinski definition) is 1. The number of nitrogens with one attached hydrogen (secondary N) is 1. The highest BCUT2D eigenvalue weighted by molar-refractivity contribution is 6.35. The number of urea groups is 1. The summed E-state index contributed by atoms with van der Waals surface area (Å²) in [5.41, 5.74) is 0.661. The van der Waals surface area contributed by atoms with Crippen LogP contribution in [0.2, 0.25) is 10.0 Å². The smallest absolute Gasteiger partial charge is 0.333 e. The minimum absolute atomic E-state index is 0.124. The molecule has 0 spiro atoms. The van der Waals surface area contributed by atoms with Gasteiger partial charge in [0.2, 0.25) is 0 Å². The third-order valence-electron chi connectivity index (χ3n) is 2.53. The van der Waals surface area contributed by atoms with Crippen LogP contribution in [-0.2, 0) is 0 Å². The molecule has 0 aliphatic carbocycles. The second kappa shape index (κ2) is 4.72. The van der Waals surface area contributed by atoms with E-state index < -0.39 is 0 Å². The SMILES string of the molecule is CC1CN(C)N(c2cc(Cl)cc(Cl)c2)C(=O)N1. The fourth-order valence-corrected chi connectivity index (χ4v) is 2.44. The molecule has 1 aromatic rings. The summed E-state index contributed by atoms with van der Waals surface area (Å²) in [7, 11) is 1.85. The number of carbonyl (C=O) groups is 1. The maximum atomic E-state index is 11.9. The zero-order valence-corrected chi connectivity index (χ0v) is 11.1. The van der Waals surface area contributed by atoms with Crippen LogP contribution in [0.4, 0.5) is 10.5 Å². The highest BCUT2D eigenvalue weighted by Gasteiger charge is 2.28. The summed E-state index contributed by atoms with van der Waals surface area (Å²) < 4.78 is 0. The Morgan fingerprint density at radius 2 is 1.88 bits per heavy atom. The first-order chi connectivity index (χ1) is 7.97. The Labute approximate surface area is 110 Å². The second-order valence-corrected chi connectivity index (χ2v) is 5.00. The number of likely N-dealkylation sites (N-methyl/N-ethyl adjacent to an activating group) is 1. The molecule has 0 bridgehead atoms. The molecule has 6 heteroatoms. The molecule has 2 rings (SSSR count). The molecule has 1 heterocycles. The summed E-state index contributed by atoms with van der Waals surface area (Å²) in [5.74, 6) is 0. The van der Waals surface area contributed by atoms with Gasteiger partial charge < -0.3 is 5.32 Å². The van der Waals surface area contributed by atoms with Crippen LogP contribution in [0.1, 0.15) is 6.92 Å². The zero-order valence-electron chi connectivity index (χ0n) is 9.58. The third kappa shape index (κ3) is 2.65. The van der Waals surface area contributed by atoms with Crippen molar-refractivity contribution in [3.63, 3.8) is 0 Å². The molecule has 1 aliphatic heterocycles. The number of benzene rings is 1. The maximum absolute atomic E-state index is 11.9. The minimum Gasteiger partial charge on any atom is -0.333 e. The average molecular weight is 274 g/mol. The molecule has 1 aliphatic rings. The van der Waals surface area contributed by atoms with Gasteiger partial charge in [-0.05, 0) is 25.1 Å². The molecule has 1 unspecified atom stereocenters. The van der Waals surface area contributed by atoms with E-state index in [2.05, 4.69) is 5.32 Å². The number of hydrogen-bond acceptors (Lipinski definition) is 2. The molecule has 0 radical (unpaired) electrons. The lowest BCUT2D eigenvalue weighted by molar-refractivity contribution is 0.194. The molecule has 92 valence electrons. The van der Waals surface area contributed by atoms with Crippen LogP contribution < -0.4 is 10.3 Å². The summed E-state index contributed by atoms with van der Waals surface area (Å²) in [6.45, 7) is 2.69. The van der Waals surface area contributed by atoms with Crippen molar-refractivity contribution in [3.05, 3.63) is 28.2 Å². The lowest BCUT2D eigenvalue weighted by Crippen LogP contribution is -2.60. The van der Waals surface area contributed by atoms with Crippen LogP contribution in [-0.4, -0.2) is 30.7 Å². The lowest BCUT2D eigenvalue weighted by Gasteiger charge is -2.39. The van der Waals surface area contributed by atoms with Gasteiger partial charge in [-0.1, -0.05) is 23.2 Å². The van der Waals surface area contributed by atoms with E-state index in [0.717, 1.165) is 6.54 Å². The predicted octanol–water partition coefficient (Wildman–Crippen LogP) is 2.76. The normalized spacial score (nSPS) is 21.5. The molecule has 2 amide bonds. The van der Waals surface area contributed by atoms with Crippen LogP contribution >= 0.6 is 23.2 Å². The Balaban J connectivity index is 2.35. The summed E-state index contributed by atoms with van der Waals surface area (Å²) in [4.78, 5) is 11.9. The van der Waals surface area contributed by atoms with Gasteiger partial charge in [-0.15, -0.1) is 0 Å². The Hall–Kier alpha value is -0.970. The highest BCUT2D eigenvalue weighted by atomic mass is 35.5. The molecule has 4 nitrogen and oxygen atoms in total. The van der Waals surface area contributed by atoms with Crippen molar-refractivity contribution in [2.75, 3.05) is 18.6 Å². The first-order valence-corrected chi connectivity index (χ1v) is 6.00. The molecule has 0 saturated carbocycles. The van der Waals surface area contributed by atoms with E-state index in [1.165, 1.54) is 5.01 Å². The van der Waals surface area contributed by atoms with Gasteiger partial charge in [0.25, 0.3) is 0 Å². The number of halogens is 2. The fraction of sp³-hybridized carbons (Fsp3) is 0.364. The second-order valence-electron chi connectivity index (χ2n) is 4.13. The Morgan fingerprint density at radius 1 is 1.29 bits per heavy atom. The van der Waals surface area contributed by atoms with Gasteiger partial charge in [0.15, 0.2) is 0 Å². The highest BCUT2D eigenvalue weighted by Crippen LogP contribution is 2.27. The van der Waals surface area contributed by atoms with Crippen LogP contribution in [0.25, 0.3) is 0 Å². The number of hydrazine groups is 1. The molecule has 17 heavy (non-hydrogen) atoms. The van der Waals surface area contributed by atoms with Gasteiger partial charge in [-0.3, -0.25) is 0 Å². The number of rotatable bonds is 1. The van der Waals surface area contributed by atoms with Crippen molar-refractivity contribution in [2.45, 2.75) is 13.0 Å². The van der Waals surface area contributed by atoms with Crippen molar-refractivity contribution >= 4 is 34.9 Å². The molecule has 1 aromatic carbocycles. The van der Waals surface area contributed by atoms with E-state index in [9.17, 15) is 4.79 Å². The fourth-order valence-electron chi connectivity index (χ4n) is 1.93. The topological polar surface area (TPSA) is 35.6 Å². The van der Waals surface area contributed by atoms with E-state index in [0.29, 0.717) is 15.7 Å². The molecule has 1 N–H and O–H groups in total. The van der Waals surface area contributed by atoms with Crippen LogP contribution in [0, 0.1) is 0 Å². The third-order valence-corrected chi connectivity index (χ3v) is 2.97. The average Bonchev–Trinajstić information content (AvgIpc) is 2.13. The monoisotopic (exact) mass is 273 g/mol. The van der Waals surface area contributed by atoms with Gasteiger partial charge >= 0.3 is 6.03 Å². The van der Waals surface area contributed by atoms with Gasteiger partial charge in [0.05, 0.1) is 5.69 Å². The van der Waals surface area contributed by atoms with Gasteiger partial charge in [0, 0.05) is 29.7 Å². The molecule has 1 fully saturated rings. The van der Waals surface area contributed by atoms with Crippen molar-refractivity contribution in [1.82, 2.24) is 10.3 Å². The van der Waals surface area contributed by atoms with Gasteiger partial charge in [-0.2, -0.15) is 0 Å². The number of carbonyl (C=O) groups excluding carboxylic acids is 1. The standard InChI is InChI=1S/C11H13Cl2N3O/c1-7-6-15(2)16(11(17)14-7)10-4-8(12)3-9(13)5-10/h3-5,7H,6H2,1-2H3,(H,14,17). The van der Waals surface area contributed by atoms with Crippen molar-refractivity contribution < 1.29 is 4.79 Å². The van der Waals surface area contributed by atoms with E-state index in [4.69, 9.17) is 23.2 Å². The van der Waals surface area contributed by atoms with Crippen LogP contribution in [0.5, 0.6) is 0 Å². The summed E-state index contributed by atoms with van der Waals surface area (Å²) in [6, 6.07) is 5.00. The molecule has 1 atom stereocenters. The first-order valence-electron chi connectivity index (χ1n) is 5.25. The number of anilines is 1. The largest absolute Gasteiger partial charge is 0.336 e. The van der Waals surface area contributed by atoms with Crippen molar-refractivity contribution in [2.24, 2.45) is 0 Å². The molecule has 1 saturated heterocycles. The van der Waals surface area contributed by atoms with Gasteiger partial charge in [-0.25, -0.2) is 14.8 Å². The molecular formula is C11H13Cl2N3O. The van der Waals surface area contributed by atoms with E-state index >= 15 is 0 Å². The lowest BCUT2D eigenvalue weighted by atomic mass is 10.2. The Kier molecular flexibility index (Phi) is 3.47. The zero-order chi connectivity index (χ0) is 12.6. The Morgan fingerprint density at radius 3 is 2.41 bits per heavy atom. The minimum atomic E-state index is -0.176. The number of amides is 2. The van der Waals surface area contributed by atoms with Crippen LogP contribution in [0.3, 0.4) is 0 Å². The summed E-state index contributed by atoms with van der Waals surface area (Å²) in [5, 5.41) is 7.23. The van der Waals surface area contributed by atoms with E-state index in [1.54, 1.807) is 18.2 Å². The maximum Gasteiger partial charge on any atom is 0.336 e. The summed E-state index contributed by atoms with van der Waals surface area (Å²) in [6.07, 6.45) is 0. The van der Waals surface area contributed by atoms with Crippen LogP contribution in [0.15, 0.2) is 18.2 Å². The summed E-state index contributed by atoms with van der Waals surface area (Å²) >= 11 is 11.9. The van der Waals surface area contributed by atoms with E-state index in [-0.39, 0.29) is 12.1 Å². The predicted molar refractivity (Wildman–Crippen MR) is 69.6 cm³/mol. The first kappa shape index (κ1) is 12.5. The van der Waals surface area contributed by atoms with Crippen molar-refractivity contribution in [1.29, 1.82) is 0 Å². The van der Waals surface area contributed by atoms with E-state index in [1.807, 2.05) is 19.0 Å². The number of nitrogens with zero attached hydrogens (tertiary/aromatic N) is 2. The molecular weight excluding hydrogens is 261 g/mol. The Bertz CT molecular complexity index is 432. The van der Waals surface area contributed by atoms with Crippen molar-refractivity contribution in [3.8, 4) is 0 Å².